The van der Waals surface area contributed by atoms with Gasteiger partial charge in [0.15, 0.2) is 5.82 Å². The number of carbonyl (C=O) groups is 1. The molecule has 3 N–H and O–H groups in total. The van der Waals surface area contributed by atoms with Crippen molar-refractivity contribution in [2.45, 2.75) is 0 Å². The van der Waals surface area contributed by atoms with Crippen molar-refractivity contribution in [3.63, 3.8) is 0 Å². The summed E-state index contributed by atoms with van der Waals surface area (Å²) in [5, 5.41) is 6.14. The second kappa shape index (κ2) is 3.49. The van der Waals surface area contributed by atoms with Gasteiger partial charge in [0.2, 0.25) is 0 Å². The molecule has 0 unspecified atom stereocenters. The summed E-state index contributed by atoms with van der Waals surface area (Å²) >= 11 is 0. The summed E-state index contributed by atoms with van der Waals surface area (Å²) in [4.78, 5) is 11.7. The van der Waals surface area contributed by atoms with E-state index in [0.29, 0.717) is 17.2 Å². The number of nitrogens with one attached hydrogen (secondary N) is 1. The largest absolute Gasteiger partial charge is 0.397 e. The maximum atomic E-state index is 11.7. The van der Waals surface area contributed by atoms with Crippen LogP contribution < -0.4 is 11.1 Å². The Kier molecular flexibility index (Phi) is 2.17. The van der Waals surface area contributed by atoms with Crippen molar-refractivity contribution in [3.8, 4) is 0 Å². The molecule has 2 rings (SSSR count). The van der Waals surface area contributed by atoms with Crippen LogP contribution in [-0.2, 0) is 7.05 Å². The smallest absolute Gasteiger partial charge is 0.273 e. The van der Waals surface area contributed by atoms with Crippen LogP contribution in [0.2, 0.25) is 0 Å². The van der Waals surface area contributed by atoms with Gasteiger partial charge in [0.25, 0.3) is 5.91 Å². The lowest BCUT2D eigenvalue weighted by Gasteiger charge is -2.01. The highest BCUT2D eigenvalue weighted by molar-refractivity contribution is 6.03. The average molecular weight is 206 g/mol. The van der Waals surface area contributed by atoms with Crippen molar-refractivity contribution < 1.29 is 9.32 Å². The first-order chi connectivity index (χ1) is 7.16. The zero-order valence-corrected chi connectivity index (χ0v) is 8.10. The van der Waals surface area contributed by atoms with E-state index >= 15 is 0 Å². The predicted molar refractivity (Wildman–Crippen MR) is 54.3 cm³/mol. The number of hydrogen-bond donors (Lipinski definition) is 2. The van der Waals surface area contributed by atoms with E-state index in [1.54, 1.807) is 29.9 Å². The molecule has 0 saturated carbocycles. The molecule has 0 fully saturated rings. The van der Waals surface area contributed by atoms with E-state index in [9.17, 15) is 4.79 Å². The van der Waals surface area contributed by atoms with Gasteiger partial charge in [-0.1, -0.05) is 5.16 Å². The van der Waals surface area contributed by atoms with Gasteiger partial charge >= 0.3 is 0 Å². The molecule has 0 saturated heterocycles. The van der Waals surface area contributed by atoms with E-state index in [2.05, 4.69) is 15.0 Å². The summed E-state index contributed by atoms with van der Waals surface area (Å²) in [6.45, 7) is 0. The van der Waals surface area contributed by atoms with Gasteiger partial charge in [-0.15, -0.1) is 0 Å². The van der Waals surface area contributed by atoms with Crippen LogP contribution in [0.15, 0.2) is 29.1 Å². The molecule has 2 heterocycles. The minimum absolute atomic E-state index is 0.275. The molecule has 2 aromatic rings. The molecule has 0 aliphatic carbocycles. The van der Waals surface area contributed by atoms with Crippen LogP contribution in [0.5, 0.6) is 0 Å². The van der Waals surface area contributed by atoms with Gasteiger partial charge in [-0.25, -0.2) is 0 Å². The lowest BCUT2D eigenvalue weighted by Crippen LogP contribution is -2.15. The third kappa shape index (κ3) is 1.83. The van der Waals surface area contributed by atoms with Gasteiger partial charge in [-0.2, -0.15) is 0 Å². The van der Waals surface area contributed by atoms with Gasteiger partial charge in [0.05, 0.1) is 5.69 Å². The normalized spacial score (nSPS) is 10.2. The Hall–Kier alpha value is -2.24. The molecule has 0 atom stereocenters. The molecular formula is C9H10N4O2. The van der Waals surface area contributed by atoms with Crippen LogP contribution >= 0.6 is 0 Å². The van der Waals surface area contributed by atoms with Crippen LogP contribution in [0.4, 0.5) is 11.5 Å². The van der Waals surface area contributed by atoms with Crippen molar-refractivity contribution in [1.82, 2.24) is 9.72 Å². The molecule has 6 nitrogen and oxygen atoms in total. The number of aromatic nitrogens is 2. The van der Waals surface area contributed by atoms with Crippen molar-refractivity contribution in [2.75, 3.05) is 11.1 Å². The van der Waals surface area contributed by atoms with Gasteiger partial charge in [0.1, 0.15) is 12.0 Å². The fraction of sp³-hybridized carbons (Fsp3) is 0.111. The maximum absolute atomic E-state index is 11.7. The number of nitrogen functional groups attached to an aromatic ring is 1. The van der Waals surface area contributed by atoms with Gasteiger partial charge < -0.3 is 20.1 Å². The number of anilines is 2. The fourth-order valence-corrected chi connectivity index (χ4v) is 1.27. The van der Waals surface area contributed by atoms with Gasteiger partial charge in [-0.3, -0.25) is 4.79 Å². The minimum Gasteiger partial charge on any atom is -0.397 e. The zero-order chi connectivity index (χ0) is 10.8. The van der Waals surface area contributed by atoms with Crippen molar-refractivity contribution in [3.05, 3.63) is 30.3 Å². The Labute approximate surface area is 85.7 Å². The molecule has 0 radical (unpaired) electrons. The van der Waals surface area contributed by atoms with Crippen LogP contribution in [0.25, 0.3) is 0 Å². The van der Waals surface area contributed by atoms with Crippen LogP contribution in [0.1, 0.15) is 10.5 Å². The number of aryl methyl sites for hydroxylation is 1. The first-order valence-corrected chi connectivity index (χ1v) is 4.30. The van der Waals surface area contributed by atoms with Gasteiger partial charge in [0, 0.05) is 19.3 Å². The van der Waals surface area contributed by atoms with Crippen LogP contribution in [0.3, 0.4) is 0 Å². The summed E-state index contributed by atoms with van der Waals surface area (Å²) in [5.41, 5.74) is 6.57. The Bertz CT molecular complexity index is 472. The van der Waals surface area contributed by atoms with Crippen LogP contribution in [-0.4, -0.2) is 15.6 Å². The van der Waals surface area contributed by atoms with Crippen molar-refractivity contribution in [1.29, 1.82) is 0 Å². The molecule has 78 valence electrons. The minimum atomic E-state index is -0.275. The average Bonchev–Trinajstić information content (AvgIpc) is 2.75. The SMILES string of the molecule is Cn1cc(N)cc1C(=O)Nc1ccon1. The second-order valence-corrected chi connectivity index (χ2v) is 3.11. The molecule has 0 aliphatic heterocycles. The molecule has 6 heteroatoms. The highest BCUT2D eigenvalue weighted by Gasteiger charge is 2.11. The van der Waals surface area contributed by atoms with Crippen LogP contribution in [0, 0.1) is 0 Å². The summed E-state index contributed by atoms with van der Waals surface area (Å²) in [7, 11) is 1.74. The lowest BCUT2D eigenvalue weighted by molar-refractivity contribution is 0.101. The molecule has 0 aromatic carbocycles. The van der Waals surface area contributed by atoms with E-state index < -0.39 is 0 Å². The van der Waals surface area contributed by atoms with E-state index in [1.807, 2.05) is 0 Å². The number of nitrogens with zero attached hydrogens (tertiary/aromatic N) is 2. The van der Waals surface area contributed by atoms with Crippen molar-refractivity contribution >= 4 is 17.4 Å². The predicted octanol–water partition coefficient (Wildman–Crippen LogP) is 0.848. The second-order valence-electron chi connectivity index (χ2n) is 3.11. The molecule has 2 aromatic heterocycles. The topological polar surface area (TPSA) is 86.1 Å². The Morgan fingerprint density at radius 3 is 3.00 bits per heavy atom. The van der Waals surface area contributed by atoms with E-state index in [1.165, 1.54) is 6.26 Å². The molecule has 0 spiro atoms. The quantitative estimate of drug-likeness (QED) is 0.762. The monoisotopic (exact) mass is 206 g/mol. The molecule has 0 bridgehead atoms. The summed E-state index contributed by atoms with van der Waals surface area (Å²) in [5.74, 6) is 0.0999. The number of rotatable bonds is 2. The zero-order valence-electron chi connectivity index (χ0n) is 8.10. The third-order valence-electron chi connectivity index (χ3n) is 1.94. The lowest BCUT2D eigenvalue weighted by atomic mass is 10.4. The Morgan fingerprint density at radius 1 is 1.67 bits per heavy atom. The van der Waals surface area contributed by atoms with Gasteiger partial charge in [-0.05, 0) is 6.07 Å². The van der Waals surface area contributed by atoms with E-state index in [4.69, 9.17) is 5.73 Å². The third-order valence-corrected chi connectivity index (χ3v) is 1.94. The standard InChI is InChI=1S/C9H10N4O2/c1-13-5-6(10)4-7(13)9(14)11-8-2-3-15-12-8/h2-5H,10H2,1H3,(H,11,12,14). The summed E-state index contributed by atoms with van der Waals surface area (Å²) < 4.78 is 6.23. The fourth-order valence-electron chi connectivity index (χ4n) is 1.27. The maximum Gasteiger partial charge on any atom is 0.273 e. The summed E-state index contributed by atoms with van der Waals surface area (Å²) in [6.07, 6.45) is 3.05. The highest BCUT2D eigenvalue weighted by atomic mass is 16.5. The van der Waals surface area contributed by atoms with E-state index in [0.717, 1.165) is 0 Å². The first kappa shape index (κ1) is 9.32. The molecule has 1 amide bonds. The highest BCUT2D eigenvalue weighted by Crippen LogP contribution is 2.11. The number of amides is 1. The number of hydrogen-bond acceptors (Lipinski definition) is 4. The number of nitrogens with two attached hydrogens (primary N) is 1. The molecule has 0 aliphatic rings. The van der Waals surface area contributed by atoms with Crippen molar-refractivity contribution in [2.24, 2.45) is 7.05 Å². The molecular weight excluding hydrogens is 196 g/mol. The first-order valence-electron chi connectivity index (χ1n) is 4.30. The number of carbonyl (C=O) groups excluding carboxylic acids is 1. The summed E-state index contributed by atoms with van der Waals surface area (Å²) in [6, 6.07) is 3.15. The Balaban J connectivity index is 2.18. The Morgan fingerprint density at radius 2 is 2.47 bits per heavy atom. The molecule has 15 heavy (non-hydrogen) atoms. The van der Waals surface area contributed by atoms with E-state index in [-0.39, 0.29) is 5.91 Å².